The van der Waals surface area contributed by atoms with E-state index >= 15 is 0 Å². The first-order valence-electron chi connectivity index (χ1n) is 4.88. The number of hydrogen-bond donors (Lipinski definition) is 0. The van der Waals surface area contributed by atoms with Gasteiger partial charge in [0.15, 0.2) is 5.78 Å². The van der Waals surface area contributed by atoms with Crippen LogP contribution >= 0.6 is 0 Å². The van der Waals surface area contributed by atoms with Crippen molar-refractivity contribution in [3.05, 3.63) is 11.9 Å². The lowest BCUT2D eigenvalue weighted by molar-refractivity contribution is -0.116. The minimum absolute atomic E-state index is 0.219. The average Bonchev–Trinajstić information content (AvgIpc) is 2.20. The molecular weight excluding hydrogens is 164 g/mol. The molecule has 0 spiro atoms. The molecule has 0 aliphatic carbocycles. The van der Waals surface area contributed by atoms with E-state index in [9.17, 15) is 4.79 Å². The van der Waals surface area contributed by atoms with Crippen LogP contribution in [0.3, 0.4) is 0 Å². The second kappa shape index (κ2) is 3.73. The van der Waals surface area contributed by atoms with Crippen LogP contribution in [-0.2, 0) is 4.79 Å². The largest absolute Gasteiger partial charge is 0.367 e. The van der Waals surface area contributed by atoms with Crippen molar-refractivity contribution >= 4 is 12.0 Å². The molecule has 2 aliphatic heterocycles. The number of aliphatic imine (C=N–C) groups is 1. The summed E-state index contributed by atoms with van der Waals surface area (Å²) in [5, 5.41) is 0. The maximum atomic E-state index is 11.5. The number of nitrogens with zero attached hydrogens (tertiary/aromatic N) is 2. The third-order valence-electron chi connectivity index (χ3n) is 2.56. The summed E-state index contributed by atoms with van der Waals surface area (Å²) < 4.78 is 0. The molecule has 70 valence electrons. The highest BCUT2D eigenvalue weighted by Gasteiger charge is 2.19. The Hall–Kier alpha value is -1.12. The predicted octanol–water partition coefficient (Wildman–Crippen LogP) is 1.36. The van der Waals surface area contributed by atoms with Gasteiger partial charge in [0.2, 0.25) is 0 Å². The van der Waals surface area contributed by atoms with E-state index in [1.54, 1.807) is 12.4 Å². The van der Waals surface area contributed by atoms with Gasteiger partial charge in [-0.2, -0.15) is 0 Å². The number of ketones is 1. The van der Waals surface area contributed by atoms with E-state index < -0.39 is 0 Å². The summed E-state index contributed by atoms with van der Waals surface area (Å²) in [4.78, 5) is 17.7. The standard InChI is InChI=1S/C10H14N2O/c13-10-4-5-11-8-9(10)12-6-2-1-3-7-12/h5,8H,1-4,6-7H2. The lowest BCUT2D eigenvalue weighted by Crippen LogP contribution is -2.33. The molecule has 0 radical (unpaired) electrons. The summed E-state index contributed by atoms with van der Waals surface area (Å²) in [5.41, 5.74) is 0.821. The summed E-state index contributed by atoms with van der Waals surface area (Å²) >= 11 is 0. The fourth-order valence-corrected chi connectivity index (χ4v) is 1.83. The molecule has 3 nitrogen and oxygen atoms in total. The highest BCUT2D eigenvalue weighted by atomic mass is 16.1. The highest BCUT2D eigenvalue weighted by Crippen LogP contribution is 2.17. The molecule has 2 heterocycles. The number of Topliss-reactive ketones (excluding diaryl/α,β-unsaturated/α-hetero) is 1. The van der Waals surface area contributed by atoms with Gasteiger partial charge in [-0.3, -0.25) is 9.79 Å². The molecule has 0 aromatic carbocycles. The number of allylic oxidation sites excluding steroid dienone is 1. The van der Waals surface area contributed by atoms with E-state index in [1.165, 1.54) is 19.3 Å². The number of carbonyl (C=O) groups is 1. The van der Waals surface area contributed by atoms with Crippen molar-refractivity contribution in [2.24, 2.45) is 4.99 Å². The third kappa shape index (κ3) is 1.79. The number of piperidine rings is 1. The Balaban J connectivity index is 2.09. The molecule has 0 aromatic heterocycles. The number of likely N-dealkylation sites (tertiary alicyclic amines) is 1. The fraction of sp³-hybridized carbons (Fsp3) is 0.600. The molecule has 0 atom stereocenters. The first-order chi connectivity index (χ1) is 6.38. The van der Waals surface area contributed by atoms with Crippen molar-refractivity contribution in [2.45, 2.75) is 25.7 Å². The third-order valence-corrected chi connectivity index (χ3v) is 2.56. The Morgan fingerprint density at radius 3 is 2.69 bits per heavy atom. The summed E-state index contributed by atoms with van der Waals surface area (Å²) in [7, 11) is 0. The molecule has 2 rings (SSSR count). The van der Waals surface area contributed by atoms with Crippen LogP contribution in [0.15, 0.2) is 16.9 Å². The maximum Gasteiger partial charge on any atom is 0.185 e. The molecule has 0 amide bonds. The van der Waals surface area contributed by atoms with Crippen molar-refractivity contribution in [3.8, 4) is 0 Å². The van der Waals surface area contributed by atoms with Gasteiger partial charge in [-0.15, -0.1) is 0 Å². The van der Waals surface area contributed by atoms with Crippen molar-refractivity contribution in [3.63, 3.8) is 0 Å². The minimum Gasteiger partial charge on any atom is -0.367 e. The van der Waals surface area contributed by atoms with E-state index in [2.05, 4.69) is 9.89 Å². The molecule has 1 fully saturated rings. The van der Waals surface area contributed by atoms with E-state index in [-0.39, 0.29) is 5.78 Å². The summed E-state index contributed by atoms with van der Waals surface area (Å²) in [5.74, 6) is 0.219. The lowest BCUT2D eigenvalue weighted by atomic mass is 10.1. The van der Waals surface area contributed by atoms with Gasteiger partial charge in [0.1, 0.15) is 0 Å². The average molecular weight is 178 g/mol. The second-order valence-electron chi connectivity index (χ2n) is 3.52. The van der Waals surface area contributed by atoms with Crippen LogP contribution in [0.2, 0.25) is 0 Å². The van der Waals surface area contributed by atoms with Gasteiger partial charge in [-0.1, -0.05) is 0 Å². The second-order valence-corrected chi connectivity index (χ2v) is 3.52. The predicted molar refractivity (Wildman–Crippen MR) is 51.6 cm³/mol. The van der Waals surface area contributed by atoms with Crippen molar-refractivity contribution in [1.29, 1.82) is 0 Å². The monoisotopic (exact) mass is 178 g/mol. The lowest BCUT2D eigenvalue weighted by Gasteiger charge is -2.30. The normalized spacial score (nSPS) is 23.2. The van der Waals surface area contributed by atoms with Crippen molar-refractivity contribution in [2.75, 3.05) is 13.1 Å². The van der Waals surface area contributed by atoms with Gasteiger partial charge in [-0.05, 0) is 19.3 Å². The molecule has 1 saturated heterocycles. The zero-order valence-corrected chi connectivity index (χ0v) is 7.70. The van der Waals surface area contributed by atoms with Crippen LogP contribution in [0.25, 0.3) is 0 Å². The summed E-state index contributed by atoms with van der Waals surface area (Å²) in [6.07, 6.45) is 7.55. The van der Waals surface area contributed by atoms with Gasteiger partial charge in [0.05, 0.1) is 11.9 Å². The molecule has 0 unspecified atom stereocenters. The first kappa shape index (κ1) is 8.48. The Morgan fingerprint density at radius 2 is 2.00 bits per heavy atom. The molecule has 0 N–H and O–H groups in total. The van der Waals surface area contributed by atoms with Crippen molar-refractivity contribution < 1.29 is 4.79 Å². The van der Waals surface area contributed by atoms with Gasteiger partial charge in [-0.25, -0.2) is 0 Å². The first-order valence-corrected chi connectivity index (χ1v) is 4.88. The van der Waals surface area contributed by atoms with E-state index in [4.69, 9.17) is 0 Å². The van der Waals surface area contributed by atoms with Gasteiger partial charge in [0.25, 0.3) is 0 Å². The molecule has 3 heteroatoms. The molecule has 0 saturated carbocycles. The summed E-state index contributed by atoms with van der Waals surface area (Å²) in [6, 6.07) is 0. The molecule has 0 bridgehead atoms. The Morgan fingerprint density at radius 1 is 1.23 bits per heavy atom. The quantitative estimate of drug-likeness (QED) is 0.607. The van der Waals surface area contributed by atoms with Crippen LogP contribution < -0.4 is 0 Å². The van der Waals surface area contributed by atoms with Crippen LogP contribution in [0.1, 0.15) is 25.7 Å². The summed E-state index contributed by atoms with van der Waals surface area (Å²) in [6.45, 7) is 2.04. The Labute approximate surface area is 78.1 Å². The van der Waals surface area contributed by atoms with E-state index in [0.717, 1.165) is 18.8 Å². The molecule has 2 aliphatic rings. The Bertz CT molecular complexity index is 262. The van der Waals surface area contributed by atoms with E-state index in [0.29, 0.717) is 6.42 Å². The highest BCUT2D eigenvalue weighted by molar-refractivity contribution is 6.04. The van der Waals surface area contributed by atoms with Crippen molar-refractivity contribution in [1.82, 2.24) is 4.90 Å². The number of hydrogen-bond acceptors (Lipinski definition) is 3. The number of rotatable bonds is 1. The molecular formula is C10H14N2O. The fourth-order valence-electron chi connectivity index (χ4n) is 1.83. The molecule has 13 heavy (non-hydrogen) atoms. The topological polar surface area (TPSA) is 32.7 Å². The zero-order chi connectivity index (χ0) is 9.10. The SMILES string of the molecule is O=C1CC=NC=C1N1CCCCC1. The van der Waals surface area contributed by atoms with Crippen LogP contribution in [0, 0.1) is 0 Å². The maximum absolute atomic E-state index is 11.5. The van der Waals surface area contributed by atoms with E-state index in [1.807, 2.05) is 0 Å². The molecule has 0 aromatic rings. The van der Waals surface area contributed by atoms with Crippen LogP contribution in [0.4, 0.5) is 0 Å². The minimum atomic E-state index is 0.219. The van der Waals surface area contributed by atoms with Crippen LogP contribution in [-0.4, -0.2) is 30.0 Å². The van der Waals surface area contributed by atoms with Gasteiger partial charge >= 0.3 is 0 Å². The van der Waals surface area contributed by atoms with Gasteiger partial charge in [0, 0.05) is 25.7 Å². The van der Waals surface area contributed by atoms with Gasteiger partial charge < -0.3 is 4.90 Å². The zero-order valence-electron chi connectivity index (χ0n) is 7.70. The van der Waals surface area contributed by atoms with Crippen LogP contribution in [0.5, 0.6) is 0 Å². The smallest absolute Gasteiger partial charge is 0.185 e. The number of carbonyl (C=O) groups excluding carboxylic acids is 1. The Kier molecular flexibility index (Phi) is 2.43.